The van der Waals surface area contributed by atoms with E-state index in [-0.39, 0.29) is 0 Å². The van der Waals surface area contributed by atoms with E-state index in [4.69, 9.17) is 4.74 Å². The first kappa shape index (κ1) is 8.91. The highest BCUT2D eigenvalue weighted by Crippen LogP contribution is 2.24. The highest BCUT2D eigenvalue weighted by Gasteiger charge is 2.01. The van der Waals surface area contributed by atoms with E-state index >= 15 is 0 Å². The van der Waals surface area contributed by atoms with E-state index in [1.165, 1.54) is 5.56 Å². The molecule has 12 heavy (non-hydrogen) atoms. The van der Waals surface area contributed by atoms with Crippen LogP contribution in [0.15, 0.2) is 18.2 Å². The summed E-state index contributed by atoms with van der Waals surface area (Å²) in [5, 5.41) is 3.11. The molecule has 2 heteroatoms. The maximum Gasteiger partial charge on any atom is 0.124 e. The van der Waals surface area contributed by atoms with Crippen LogP contribution in [0.1, 0.15) is 12.5 Å². The second-order valence-electron chi connectivity index (χ2n) is 2.61. The Kier molecular flexibility index (Phi) is 2.97. The smallest absolute Gasteiger partial charge is 0.124 e. The second-order valence-corrected chi connectivity index (χ2v) is 2.61. The molecule has 2 nitrogen and oxygen atoms in total. The van der Waals surface area contributed by atoms with Gasteiger partial charge in [-0.2, -0.15) is 0 Å². The van der Waals surface area contributed by atoms with Crippen LogP contribution in [0.4, 0.5) is 5.69 Å². The quantitative estimate of drug-likeness (QED) is 0.742. The SMILES string of the molecule is CCOc1cccc(NC)c1C. The van der Waals surface area contributed by atoms with Gasteiger partial charge in [0.1, 0.15) is 5.75 Å². The maximum atomic E-state index is 5.44. The normalized spacial score (nSPS) is 9.58. The summed E-state index contributed by atoms with van der Waals surface area (Å²) in [7, 11) is 1.91. The molecule has 0 spiro atoms. The summed E-state index contributed by atoms with van der Waals surface area (Å²) in [5.74, 6) is 0.962. The Morgan fingerprint density at radius 2 is 2.17 bits per heavy atom. The Morgan fingerprint density at radius 3 is 2.75 bits per heavy atom. The monoisotopic (exact) mass is 165 g/mol. The van der Waals surface area contributed by atoms with Gasteiger partial charge in [-0.25, -0.2) is 0 Å². The summed E-state index contributed by atoms with van der Waals surface area (Å²) >= 11 is 0. The largest absolute Gasteiger partial charge is 0.494 e. The van der Waals surface area contributed by atoms with Crippen LogP contribution >= 0.6 is 0 Å². The summed E-state index contributed by atoms with van der Waals surface area (Å²) in [6.45, 7) is 4.76. The van der Waals surface area contributed by atoms with Gasteiger partial charge in [0.25, 0.3) is 0 Å². The summed E-state index contributed by atoms with van der Waals surface area (Å²) in [5.41, 5.74) is 2.29. The van der Waals surface area contributed by atoms with Gasteiger partial charge in [-0.3, -0.25) is 0 Å². The lowest BCUT2D eigenvalue weighted by molar-refractivity contribution is 0.338. The Morgan fingerprint density at radius 1 is 1.42 bits per heavy atom. The van der Waals surface area contributed by atoms with Crippen molar-refractivity contribution in [2.45, 2.75) is 13.8 Å². The van der Waals surface area contributed by atoms with Gasteiger partial charge in [0.05, 0.1) is 6.61 Å². The molecule has 66 valence electrons. The fourth-order valence-electron chi connectivity index (χ4n) is 1.20. The first-order chi connectivity index (χ1) is 5.79. The van der Waals surface area contributed by atoms with Crippen molar-refractivity contribution >= 4 is 5.69 Å². The third-order valence-corrected chi connectivity index (χ3v) is 1.85. The van der Waals surface area contributed by atoms with Gasteiger partial charge in [0, 0.05) is 18.3 Å². The van der Waals surface area contributed by atoms with E-state index in [0.29, 0.717) is 6.61 Å². The van der Waals surface area contributed by atoms with Crippen LogP contribution in [0.3, 0.4) is 0 Å². The van der Waals surface area contributed by atoms with Crippen molar-refractivity contribution in [3.8, 4) is 5.75 Å². The molecule has 0 saturated heterocycles. The Bertz CT molecular complexity index is 258. The van der Waals surface area contributed by atoms with Crippen molar-refractivity contribution in [1.82, 2.24) is 0 Å². The van der Waals surface area contributed by atoms with E-state index in [9.17, 15) is 0 Å². The van der Waals surface area contributed by atoms with Gasteiger partial charge in [-0.1, -0.05) is 6.07 Å². The van der Waals surface area contributed by atoms with Crippen LogP contribution in [0.5, 0.6) is 5.75 Å². The molecule has 0 aliphatic heterocycles. The zero-order chi connectivity index (χ0) is 8.97. The second kappa shape index (κ2) is 4.00. The van der Waals surface area contributed by atoms with Gasteiger partial charge < -0.3 is 10.1 Å². The standard InChI is InChI=1S/C10H15NO/c1-4-12-10-7-5-6-9(11-3)8(10)2/h5-7,11H,4H2,1-3H3. The first-order valence-corrected chi connectivity index (χ1v) is 4.19. The van der Waals surface area contributed by atoms with Gasteiger partial charge in [0.15, 0.2) is 0 Å². The molecule has 1 aromatic rings. The van der Waals surface area contributed by atoms with E-state index in [1.807, 2.05) is 32.2 Å². The molecule has 0 amide bonds. The number of anilines is 1. The predicted molar refractivity (Wildman–Crippen MR) is 51.9 cm³/mol. The van der Waals surface area contributed by atoms with Gasteiger partial charge >= 0.3 is 0 Å². The molecule has 0 radical (unpaired) electrons. The molecular weight excluding hydrogens is 150 g/mol. The van der Waals surface area contributed by atoms with Crippen molar-refractivity contribution in [1.29, 1.82) is 0 Å². The zero-order valence-electron chi connectivity index (χ0n) is 7.85. The molecule has 0 aromatic heterocycles. The average molecular weight is 165 g/mol. The predicted octanol–water partition coefficient (Wildman–Crippen LogP) is 2.44. The maximum absolute atomic E-state index is 5.44. The highest BCUT2D eigenvalue weighted by atomic mass is 16.5. The minimum Gasteiger partial charge on any atom is -0.494 e. The molecule has 0 saturated carbocycles. The van der Waals surface area contributed by atoms with Crippen LogP contribution in [0.2, 0.25) is 0 Å². The molecule has 1 aromatic carbocycles. The van der Waals surface area contributed by atoms with Gasteiger partial charge in [-0.15, -0.1) is 0 Å². The highest BCUT2D eigenvalue weighted by molar-refractivity contribution is 5.56. The molecule has 0 aliphatic rings. The molecule has 1 N–H and O–H groups in total. The van der Waals surface area contributed by atoms with Crippen LogP contribution in [0, 0.1) is 6.92 Å². The van der Waals surface area contributed by atoms with Gasteiger partial charge in [-0.05, 0) is 26.0 Å². The Balaban J connectivity index is 2.97. The van der Waals surface area contributed by atoms with Crippen molar-refractivity contribution in [2.75, 3.05) is 19.0 Å². The van der Waals surface area contributed by atoms with Gasteiger partial charge in [0.2, 0.25) is 0 Å². The Labute approximate surface area is 73.6 Å². The van der Waals surface area contributed by atoms with E-state index in [1.54, 1.807) is 0 Å². The van der Waals surface area contributed by atoms with Crippen LogP contribution in [-0.4, -0.2) is 13.7 Å². The number of ether oxygens (including phenoxy) is 1. The van der Waals surface area contributed by atoms with Crippen LogP contribution in [-0.2, 0) is 0 Å². The summed E-state index contributed by atoms with van der Waals surface area (Å²) in [6, 6.07) is 6.02. The Hall–Kier alpha value is -1.18. The average Bonchev–Trinajstić information content (AvgIpc) is 2.09. The molecule has 0 bridgehead atoms. The van der Waals surface area contributed by atoms with Crippen LogP contribution in [0.25, 0.3) is 0 Å². The number of benzene rings is 1. The molecule has 0 aliphatic carbocycles. The van der Waals surface area contributed by atoms with Crippen molar-refractivity contribution < 1.29 is 4.74 Å². The summed E-state index contributed by atoms with van der Waals surface area (Å²) in [4.78, 5) is 0. The van der Waals surface area contributed by atoms with Crippen molar-refractivity contribution in [3.05, 3.63) is 23.8 Å². The topological polar surface area (TPSA) is 21.3 Å². The first-order valence-electron chi connectivity index (χ1n) is 4.19. The number of rotatable bonds is 3. The molecule has 1 rings (SSSR count). The number of hydrogen-bond acceptors (Lipinski definition) is 2. The van der Waals surface area contributed by atoms with E-state index < -0.39 is 0 Å². The molecule has 0 heterocycles. The number of hydrogen-bond donors (Lipinski definition) is 1. The lowest BCUT2D eigenvalue weighted by atomic mass is 10.2. The third kappa shape index (κ3) is 1.70. The van der Waals surface area contributed by atoms with Crippen molar-refractivity contribution in [3.63, 3.8) is 0 Å². The number of nitrogens with one attached hydrogen (secondary N) is 1. The van der Waals surface area contributed by atoms with E-state index in [0.717, 1.165) is 11.4 Å². The van der Waals surface area contributed by atoms with Crippen LogP contribution < -0.4 is 10.1 Å². The summed E-state index contributed by atoms with van der Waals surface area (Å²) in [6.07, 6.45) is 0. The molecule has 0 fully saturated rings. The minimum absolute atomic E-state index is 0.716. The van der Waals surface area contributed by atoms with Crippen molar-refractivity contribution in [2.24, 2.45) is 0 Å². The minimum atomic E-state index is 0.716. The lowest BCUT2D eigenvalue weighted by Gasteiger charge is -2.10. The fourth-order valence-corrected chi connectivity index (χ4v) is 1.20. The molecule has 0 atom stereocenters. The fraction of sp³-hybridized carbons (Fsp3) is 0.400. The van der Waals surface area contributed by atoms with E-state index in [2.05, 4.69) is 12.2 Å². The third-order valence-electron chi connectivity index (χ3n) is 1.85. The summed E-state index contributed by atoms with van der Waals surface area (Å²) < 4.78 is 5.44. The molecular formula is C10H15NO. The zero-order valence-corrected chi connectivity index (χ0v) is 7.85. The molecule has 0 unspecified atom stereocenters. The lowest BCUT2D eigenvalue weighted by Crippen LogP contribution is -1.97.